The Kier molecular flexibility index (Phi) is 3.33. The van der Waals surface area contributed by atoms with Gasteiger partial charge >= 0.3 is 5.82 Å². The third-order valence-corrected chi connectivity index (χ3v) is 3.25. The number of piperidine rings is 1. The summed E-state index contributed by atoms with van der Waals surface area (Å²) < 4.78 is 1.29. The molecule has 7 heteroatoms. The maximum absolute atomic E-state index is 12.2. The van der Waals surface area contributed by atoms with Crippen molar-refractivity contribution in [3.8, 4) is 0 Å². The van der Waals surface area contributed by atoms with Gasteiger partial charge in [-0.25, -0.2) is 4.57 Å². The van der Waals surface area contributed by atoms with Crippen molar-refractivity contribution >= 4 is 11.7 Å². The van der Waals surface area contributed by atoms with E-state index in [4.69, 9.17) is 0 Å². The van der Waals surface area contributed by atoms with Gasteiger partial charge in [-0.15, -0.1) is 0 Å². The second-order valence-electron chi connectivity index (χ2n) is 4.42. The zero-order valence-corrected chi connectivity index (χ0v) is 10.1. The Morgan fingerprint density at radius 2 is 2.06 bits per heavy atom. The molecule has 0 aliphatic carbocycles. The maximum atomic E-state index is 12.2. The van der Waals surface area contributed by atoms with Gasteiger partial charge in [-0.05, 0) is 23.8 Å². The normalized spacial score (nSPS) is 16.9. The summed E-state index contributed by atoms with van der Waals surface area (Å²) in [6, 6.07) is 2.79. The Morgan fingerprint density at radius 3 is 2.56 bits per heavy atom. The highest BCUT2D eigenvalue weighted by molar-refractivity contribution is 5.93. The van der Waals surface area contributed by atoms with E-state index in [1.807, 2.05) is 0 Å². The van der Waals surface area contributed by atoms with E-state index < -0.39 is 4.92 Å². The highest BCUT2D eigenvalue weighted by Crippen LogP contribution is 2.19. The van der Waals surface area contributed by atoms with Crippen LogP contribution in [0.2, 0.25) is 0 Å². The average molecular weight is 253 g/mol. The SMILES string of the molecule is Cn1c(C(=O)N2CCC(O)CC2)ccc1[N+](=O)[O-]. The van der Waals surface area contributed by atoms with Crippen LogP contribution in [0.4, 0.5) is 5.82 Å². The predicted octanol–water partition coefficient (Wildman–Crippen LogP) is 0.530. The second-order valence-corrected chi connectivity index (χ2v) is 4.42. The summed E-state index contributed by atoms with van der Waals surface area (Å²) in [4.78, 5) is 24.0. The summed E-state index contributed by atoms with van der Waals surface area (Å²) >= 11 is 0. The number of aliphatic hydroxyl groups excluding tert-OH is 1. The van der Waals surface area contributed by atoms with Crippen LogP contribution in [0.3, 0.4) is 0 Å². The Hall–Kier alpha value is -1.89. The van der Waals surface area contributed by atoms with Crippen LogP contribution >= 0.6 is 0 Å². The summed E-state index contributed by atoms with van der Waals surface area (Å²) in [7, 11) is 1.50. The minimum Gasteiger partial charge on any atom is -0.393 e. The number of amides is 1. The lowest BCUT2D eigenvalue weighted by Crippen LogP contribution is -2.40. The lowest BCUT2D eigenvalue weighted by atomic mass is 10.1. The Morgan fingerprint density at radius 1 is 1.44 bits per heavy atom. The molecule has 0 radical (unpaired) electrons. The first-order valence-corrected chi connectivity index (χ1v) is 5.78. The van der Waals surface area contributed by atoms with Crippen LogP contribution in [0.1, 0.15) is 23.3 Å². The molecule has 2 rings (SSSR count). The molecule has 0 spiro atoms. The lowest BCUT2D eigenvalue weighted by Gasteiger charge is -2.28. The number of hydrogen-bond donors (Lipinski definition) is 1. The third kappa shape index (κ3) is 2.21. The first kappa shape index (κ1) is 12.6. The van der Waals surface area contributed by atoms with Crippen molar-refractivity contribution in [3.05, 3.63) is 27.9 Å². The molecule has 0 saturated carbocycles. The highest BCUT2D eigenvalue weighted by Gasteiger charge is 2.27. The van der Waals surface area contributed by atoms with E-state index in [9.17, 15) is 20.0 Å². The fraction of sp³-hybridized carbons (Fsp3) is 0.545. The molecular weight excluding hydrogens is 238 g/mol. The molecule has 1 saturated heterocycles. The van der Waals surface area contributed by atoms with E-state index in [-0.39, 0.29) is 17.8 Å². The molecule has 0 unspecified atom stereocenters. The molecule has 1 N–H and O–H groups in total. The third-order valence-electron chi connectivity index (χ3n) is 3.25. The van der Waals surface area contributed by atoms with Gasteiger partial charge in [-0.3, -0.25) is 4.79 Å². The summed E-state index contributed by atoms with van der Waals surface area (Å²) in [5.74, 6) is -0.326. The highest BCUT2D eigenvalue weighted by atomic mass is 16.6. The number of aromatic nitrogens is 1. The van der Waals surface area contributed by atoms with Gasteiger partial charge in [0.1, 0.15) is 0 Å². The van der Waals surface area contributed by atoms with E-state index in [0.717, 1.165) is 0 Å². The number of carbonyl (C=O) groups is 1. The molecule has 0 aromatic carbocycles. The zero-order valence-electron chi connectivity index (χ0n) is 10.1. The van der Waals surface area contributed by atoms with E-state index in [0.29, 0.717) is 31.6 Å². The van der Waals surface area contributed by atoms with Crippen LogP contribution in [0.25, 0.3) is 0 Å². The average Bonchev–Trinajstić information content (AvgIpc) is 2.71. The molecule has 1 aliphatic rings. The quantitative estimate of drug-likeness (QED) is 0.615. The van der Waals surface area contributed by atoms with E-state index >= 15 is 0 Å². The van der Waals surface area contributed by atoms with Crippen LogP contribution in [-0.2, 0) is 7.05 Å². The standard InChI is InChI=1S/C11H15N3O4/c1-12-9(2-3-10(12)14(17)18)11(16)13-6-4-8(15)5-7-13/h2-3,8,15H,4-7H2,1H3. The molecule has 18 heavy (non-hydrogen) atoms. The minimum absolute atomic E-state index is 0.101. The predicted molar refractivity (Wildman–Crippen MR) is 63.2 cm³/mol. The van der Waals surface area contributed by atoms with Crippen LogP contribution in [-0.4, -0.2) is 44.6 Å². The smallest absolute Gasteiger partial charge is 0.323 e. The fourth-order valence-electron chi connectivity index (χ4n) is 2.13. The van der Waals surface area contributed by atoms with Gasteiger partial charge in [0.25, 0.3) is 5.91 Å². The number of nitrogens with zero attached hydrogens (tertiary/aromatic N) is 3. The fourth-order valence-corrected chi connectivity index (χ4v) is 2.13. The first-order chi connectivity index (χ1) is 8.50. The number of aliphatic hydroxyl groups is 1. The van der Waals surface area contributed by atoms with E-state index in [1.54, 1.807) is 4.90 Å². The Bertz CT molecular complexity index is 475. The molecule has 1 aromatic heterocycles. The van der Waals surface area contributed by atoms with Crippen molar-refractivity contribution in [2.75, 3.05) is 13.1 Å². The van der Waals surface area contributed by atoms with Crippen molar-refractivity contribution in [2.45, 2.75) is 18.9 Å². The molecule has 1 fully saturated rings. The van der Waals surface area contributed by atoms with Crippen molar-refractivity contribution in [2.24, 2.45) is 7.05 Å². The second kappa shape index (κ2) is 4.77. The van der Waals surface area contributed by atoms with Gasteiger partial charge < -0.3 is 20.1 Å². The summed E-state index contributed by atoms with van der Waals surface area (Å²) in [5, 5.41) is 20.1. The maximum Gasteiger partial charge on any atom is 0.323 e. The van der Waals surface area contributed by atoms with Crippen molar-refractivity contribution in [1.82, 2.24) is 9.47 Å². The van der Waals surface area contributed by atoms with Gasteiger partial charge in [0.05, 0.1) is 13.2 Å². The van der Waals surface area contributed by atoms with Crippen LogP contribution < -0.4 is 0 Å². The number of carbonyl (C=O) groups excluding carboxylic acids is 1. The van der Waals surface area contributed by atoms with Gasteiger partial charge in [0.2, 0.25) is 0 Å². The topological polar surface area (TPSA) is 88.6 Å². The Labute approximate surface area is 104 Å². The van der Waals surface area contributed by atoms with Crippen LogP contribution in [0.5, 0.6) is 0 Å². The molecule has 2 heterocycles. The van der Waals surface area contributed by atoms with Crippen LogP contribution in [0, 0.1) is 10.1 Å². The lowest BCUT2D eigenvalue weighted by molar-refractivity contribution is -0.391. The monoisotopic (exact) mass is 253 g/mol. The summed E-state index contributed by atoms with van der Waals surface area (Å²) in [5.41, 5.74) is 0.304. The van der Waals surface area contributed by atoms with Crippen molar-refractivity contribution < 1.29 is 14.8 Å². The molecule has 0 atom stereocenters. The van der Waals surface area contributed by atoms with Gasteiger partial charge in [-0.2, -0.15) is 0 Å². The number of nitro groups is 1. The molecule has 1 aliphatic heterocycles. The van der Waals surface area contributed by atoms with Crippen LogP contribution in [0.15, 0.2) is 12.1 Å². The van der Waals surface area contributed by atoms with E-state index in [2.05, 4.69) is 0 Å². The number of rotatable bonds is 2. The largest absolute Gasteiger partial charge is 0.393 e. The summed E-state index contributed by atoms with van der Waals surface area (Å²) in [6.07, 6.45) is 0.757. The van der Waals surface area contributed by atoms with Gasteiger partial charge in [-0.1, -0.05) is 0 Å². The Balaban J connectivity index is 2.16. The zero-order chi connectivity index (χ0) is 13.3. The number of likely N-dealkylation sites (tertiary alicyclic amines) is 1. The molecule has 98 valence electrons. The molecule has 1 aromatic rings. The number of hydrogen-bond acceptors (Lipinski definition) is 4. The van der Waals surface area contributed by atoms with E-state index in [1.165, 1.54) is 23.7 Å². The van der Waals surface area contributed by atoms with Crippen molar-refractivity contribution in [3.63, 3.8) is 0 Å². The molecule has 7 nitrogen and oxygen atoms in total. The molecule has 1 amide bonds. The van der Waals surface area contributed by atoms with Crippen molar-refractivity contribution in [1.29, 1.82) is 0 Å². The summed E-state index contributed by atoms with van der Waals surface area (Å²) in [6.45, 7) is 0.970. The van der Waals surface area contributed by atoms with Gasteiger partial charge in [0.15, 0.2) is 5.69 Å². The molecule has 0 bridgehead atoms. The minimum atomic E-state index is -0.517. The molecular formula is C11H15N3O4. The van der Waals surface area contributed by atoms with Gasteiger partial charge in [0, 0.05) is 19.2 Å². The first-order valence-electron chi connectivity index (χ1n) is 5.78.